The van der Waals surface area contributed by atoms with E-state index >= 15 is 0 Å². The van der Waals surface area contributed by atoms with Crippen molar-refractivity contribution >= 4 is 34.8 Å². The zero-order valence-corrected chi connectivity index (χ0v) is 9.99. The van der Waals surface area contributed by atoms with Gasteiger partial charge in [0, 0.05) is 11.6 Å². The molecule has 0 aliphatic rings. The minimum absolute atomic E-state index is 0.0626. The standard InChI is InChI=1S/C10H12Cl2N2O/c1-5(2)14-10(15)6-3-7(11)9(13)8(12)4-6/h3-5H,13H2,1-2H3,(H,14,15). The Morgan fingerprint density at radius 3 is 2.20 bits per heavy atom. The van der Waals surface area contributed by atoms with Gasteiger partial charge in [-0.25, -0.2) is 0 Å². The van der Waals surface area contributed by atoms with E-state index < -0.39 is 0 Å². The summed E-state index contributed by atoms with van der Waals surface area (Å²) in [4.78, 5) is 11.6. The Hall–Kier alpha value is -0.930. The van der Waals surface area contributed by atoms with Gasteiger partial charge in [-0.1, -0.05) is 23.2 Å². The number of hydrogen-bond donors (Lipinski definition) is 2. The minimum Gasteiger partial charge on any atom is -0.396 e. The van der Waals surface area contributed by atoms with E-state index in [9.17, 15) is 4.79 Å². The highest BCUT2D eigenvalue weighted by molar-refractivity contribution is 6.39. The zero-order valence-electron chi connectivity index (χ0n) is 8.47. The molecule has 0 heterocycles. The maximum atomic E-state index is 11.6. The molecule has 1 aromatic carbocycles. The van der Waals surface area contributed by atoms with Crippen LogP contribution in [0.15, 0.2) is 12.1 Å². The first-order chi connectivity index (χ1) is 6.91. The first kappa shape index (κ1) is 12.1. The Kier molecular flexibility index (Phi) is 3.83. The van der Waals surface area contributed by atoms with Crippen LogP contribution in [-0.2, 0) is 0 Å². The van der Waals surface area contributed by atoms with E-state index in [1.54, 1.807) is 0 Å². The number of halogens is 2. The van der Waals surface area contributed by atoms with Gasteiger partial charge in [0.2, 0.25) is 0 Å². The van der Waals surface area contributed by atoms with Crippen LogP contribution in [0.4, 0.5) is 5.69 Å². The molecule has 3 N–H and O–H groups in total. The Morgan fingerprint density at radius 2 is 1.80 bits per heavy atom. The predicted molar refractivity (Wildman–Crippen MR) is 63.5 cm³/mol. The van der Waals surface area contributed by atoms with Gasteiger partial charge in [-0.3, -0.25) is 4.79 Å². The molecule has 0 aromatic heterocycles. The fraction of sp³-hybridized carbons (Fsp3) is 0.300. The lowest BCUT2D eigenvalue weighted by molar-refractivity contribution is 0.0943. The van der Waals surface area contributed by atoms with Crippen molar-refractivity contribution in [3.8, 4) is 0 Å². The molecular formula is C10H12Cl2N2O. The summed E-state index contributed by atoms with van der Waals surface area (Å²) in [5.41, 5.74) is 6.26. The number of rotatable bonds is 2. The van der Waals surface area contributed by atoms with E-state index in [-0.39, 0.29) is 22.0 Å². The molecule has 0 bridgehead atoms. The summed E-state index contributed by atoms with van der Waals surface area (Å²) in [5.74, 6) is -0.214. The number of hydrogen-bond acceptors (Lipinski definition) is 2. The van der Waals surface area contributed by atoms with Crippen LogP contribution < -0.4 is 11.1 Å². The normalized spacial score (nSPS) is 10.5. The maximum Gasteiger partial charge on any atom is 0.251 e. The highest BCUT2D eigenvalue weighted by Gasteiger charge is 2.11. The molecule has 0 spiro atoms. The van der Waals surface area contributed by atoms with Crippen molar-refractivity contribution < 1.29 is 4.79 Å². The highest BCUT2D eigenvalue weighted by Crippen LogP contribution is 2.28. The van der Waals surface area contributed by atoms with Gasteiger partial charge < -0.3 is 11.1 Å². The van der Waals surface area contributed by atoms with Crippen LogP contribution in [0.3, 0.4) is 0 Å². The third-order valence-corrected chi connectivity index (χ3v) is 2.39. The van der Waals surface area contributed by atoms with Gasteiger partial charge in [0.1, 0.15) is 0 Å². The Balaban J connectivity index is 3.01. The van der Waals surface area contributed by atoms with Crippen LogP contribution in [0.2, 0.25) is 10.0 Å². The lowest BCUT2D eigenvalue weighted by Gasteiger charge is -2.10. The smallest absolute Gasteiger partial charge is 0.251 e. The van der Waals surface area contributed by atoms with Crippen molar-refractivity contribution in [1.82, 2.24) is 5.32 Å². The van der Waals surface area contributed by atoms with E-state index in [1.807, 2.05) is 13.8 Å². The molecule has 3 nitrogen and oxygen atoms in total. The fourth-order valence-corrected chi connectivity index (χ4v) is 1.55. The van der Waals surface area contributed by atoms with Crippen LogP contribution >= 0.6 is 23.2 Å². The van der Waals surface area contributed by atoms with Gasteiger partial charge in [0.15, 0.2) is 0 Å². The van der Waals surface area contributed by atoms with Crippen molar-refractivity contribution in [2.45, 2.75) is 19.9 Å². The molecule has 0 fully saturated rings. The lowest BCUT2D eigenvalue weighted by Crippen LogP contribution is -2.30. The Morgan fingerprint density at radius 1 is 1.33 bits per heavy atom. The summed E-state index contributed by atoms with van der Waals surface area (Å²) in [6.45, 7) is 3.75. The van der Waals surface area contributed by atoms with Gasteiger partial charge in [-0.15, -0.1) is 0 Å². The summed E-state index contributed by atoms with van der Waals surface area (Å²) in [7, 11) is 0. The average Bonchev–Trinajstić information content (AvgIpc) is 2.12. The third kappa shape index (κ3) is 3.01. The van der Waals surface area contributed by atoms with Crippen LogP contribution in [0, 0.1) is 0 Å². The number of nitrogens with two attached hydrogens (primary N) is 1. The van der Waals surface area contributed by atoms with Gasteiger partial charge in [-0.05, 0) is 26.0 Å². The number of nitrogen functional groups attached to an aromatic ring is 1. The lowest BCUT2D eigenvalue weighted by atomic mass is 10.2. The molecule has 82 valence electrons. The van der Waals surface area contributed by atoms with Gasteiger partial charge in [-0.2, -0.15) is 0 Å². The molecular weight excluding hydrogens is 235 g/mol. The molecule has 1 rings (SSSR count). The molecule has 1 aromatic rings. The number of anilines is 1. The minimum atomic E-state index is -0.214. The first-order valence-corrected chi connectivity index (χ1v) is 5.22. The number of amides is 1. The quantitative estimate of drug-likeness (QED) is 0.789. The molecule has 0 saturated heterocycles. The van der Waals surface area contributed by atoms with Crippen LogP contribution in [-0.4, -0.2) is 11.9 Å². The second-order valence-corrected chi connectivity index (χ2v) is 4.30. The van der Waals surface area contributed by atoms with Crippen molar-refractivity contribution in [3.63, 3.8) is 0 Å². The maximum absolute atomic E-state index is 11.6. The summed E-state index contributed by atoms with van der Waals surface area (Å²) in [6.07, 6.45) is 0. The summed E-state index contributed by atoms with van der Waals surface area (Å²) >= 11 is 11.6. The second kappa shape index (κ2) is 4.73. The largest absolute Gasteiger partial charge is 0.396 e. The van der Waals surface area contributed by atoms with E-state index in [2.05, 4.69) is 5.32 Å². The molecule has 0 atom stereocenters. The summed E-state index contributed by atoms with van der Waals surface area (Å²) in [6, 6.07) is 3.06. The predicted octanol–water partition coefficient (Wildman–Crippen LogP) is 2.71. The number of carbonyl (C=O) groups is 1. The third-order valence-electron chi connectivity index (χ3n) is 1.76. The Labute approximate surface area is 98.5 Å². The SMILES string of the molecule is CC(C)NC(=O)c1cc(Cl)c(N)c(Cl)c1. The van der Waals surface area contributed by atoms with Crippen LogP contribution in [0.25, 0.3) is 0 Å². The fourth-order valence-electron chi connectivity index (χ4n) is 1.06. The number of nitrogens with one attached hydrogen (secondary N) is 1. The highest BCUT2D eigenvalue weighted by atomic mass is 35.5. The molecule has 0 aliphatic carbocycles. The van der Waals surface area contributed by atoms with E-state index in [0.29, 0.717) is 11.3 Å². The van der Waals surface area contributed by atoms with Crippen LogP contribution in [0.5, 0.6) is 0 Å². The van der Waals surface area contributed by atoms with Gasteiger partial charge in [0.25, 0.3) is 5.91 Å². The zero-order chi connectivity index (χ0) is 11.6. The average molecular weight is 247 g/mol. The van der Waals surface area contributed by atoms with Crippen molar-refractivity contribution in [2.24, 2.45) is 0 Å². The summed E-state index contributed by atoms with van der Waals surface area (Å²) < 4.78 is 0. The number of benzene rings is 1. The monoisotopic (exact) mass is 246 g/mol. The van der Waals surface area contributed by atoms with Crippen molar-refractivity contribution in [1.29, 1.82) is 0 Å². The summed E-state index contributed by atoms with van der Waals surface area (Å²) in [5, 5.41) is 3.31. The Bertz CT molecular complexity index is 368. The molecule has 0 radical (unpaired) electrons. The molecule has 0 aliphatic heterocycles. The molecule has 5 heteroatoms. The van der Waals surface area contributed by atoms with E-state index in [4.69, 9.17) is 28.9 Å². The van der Waals surface area contributed by atoms with Gasteiger partial charge in [0.05, 0.1) is 15.7 Å². The topological polar surface area (TPSA) is 55.1 Å². The van der Waals surface area contributed by atoms with E-state index in [0.717, 1.165) is 0 Å². The van der Waals surface area contributed by atoms with Crippen molar-refractivity contribution in [2.75, 3.05) is 5.73 Å². The second-order valence-electron chi connectivity index (χ2n) is 3.48. The molecule has 0 saturated carbocycles. The van der Waals surface area contributed by atoms with Gasteiger partial charge >= 0.3 is 0 Å². The van der Waals surface area contributed by atoms with Crippen LogP contribution in [0.1, 0.15) is 24.2 Å². The molecule has 15 heavy (non-hydrogen) atoms. The van der Waals surface area contributed by atoms with Crippen molar-refractivity contribution in [3.05, 3.63) is 27.7 Å². The first-order valence-electron chi connectivity index (χ1n) is 4.47. The van der Waals surface area contributed by atoms with E-state index in [1.165, 1.54) is 12.1 Å². The molecule has 1 amide bonds. The molecule has 0 unspecified atom stereocenters. The number of carbonyl (C=O) groups excluding carboxylic acids is 1.